The van der Waals surface area contributed by atoms with E-state index in [1.807, 2.05) is 6.92 Å². The Balaban J connectivity index is 2.26. The molecule has 0 aliphatic heterocycles. The summed E-state index contributed by atoms with van der Waals surface area (Å²) in [7, 11) is 0. The van der Waals surface area contributed by atoms with Crippen LogP contribution in [0.1, 0.15) is 19.2 Å². The monoisotopic (exact) mass is 310 g/mol. The van der Waals surface area contributed by atoms with E-state index < -0.39 is 5.82 Å². The maximum atomic E-state index is 13.4. The summed E-state index contributed by atoms with van der Waals surface area (Å²) in [6, 6.07) is 7.84. The second-order valence-electron chi connectivity index (χ2n) is 3.73. The molecule has 3 nitrogen and oxygen atoms in total. The van der Waals surface area contributed by atoms with E-state index in [0.29, 0.717) is 16.3 Å². The first-order valence-corrected chi connectivity index (χ1v) is 6.44. The molecular formula is C13H12BrFN2O. The average Bonchev–Trinajstić information content (AvgIpc) is 2.32. The average molecular weight is 311 g/mol. The van der Waals surface area contributed by atoms with E-state index in [1.54, 1.807) is 24.3 Å². The van der Waals surface area contributed by atoms with Crippen molar-refractivity contribution >= 4 is 15.9 Å². The fourth-order valence-corrected chi connectivity index (χ4v) is 1.87. The topological polar surface area (TPSA) is 35.0 Å². The lowest BCUT2D eigenvalue weighted by Gasteiger charge is -2.07. The van der Waals surface area contributed by atoms with Crippen LogP contribution in [0.15, 0.2) is 34.9 Å². The summed E-state index contributed by atoms with van der Waals surface area (Å²) < 4.78 is 19.5. The molecule has 0 atom stereocenters. The summed E-state index contributed by atoms with van der Waals surface area (Å²) in [6.45, 7) is 2.04. The van der Waals surface area contributed by atoms with E-state index in [1.165, 1.54) is 6.07 Å². The minimum Gasteiger partial charge on any atom is -0.436 e. The van der Waals surface area contributed by atoms with Gasteiger partial charge in [-0.2, -0.15) is 4.98 Å². The molecule has 0 radical (unpaired) electrons. The quantitative estimate of drug-likeness (QED) is 0.797. The Morgan fingerprint density at radius 1 is 1.28 bits per heavy atom. The summed E-state index contributed by atoms with van der Waals surface area (Å²) in [6.07, 6.45) is 1.70. The second-order valence-corrected chi connectivity index (χ2v) is 4.54. The normalized spacial score (nSPS) is 10.4. The van der Waals surface area contributed by atoms with Gasteiger partial charge in [-0.1, -0.05) is 19.1 Å². The van der Waals surface area contributed by atoms with Crippen LogP contribution in [0.5, 0.6) is 11.6 Å². The third-order valence-corrected chi connectivity index (χ3v) is 2.65. The van der Waals surface area contributed by atoms with Gasteiger partial charge in [0.05, 0.1) is 0 Å². The Morgan fingerprint density at radius 3 is 2.78 bits per heavy atom. The highest BCUT2D eigenvalue weighted by Gasteiger charge is 2.07. The summed E-state index contributed by atoms with van der Waals surface area (Å²) in [5, 5.41) is 0. The van der Waals surface area contributed by atoms with E-state index in [-0.39, 0.29) is 5.75 Å². The minimum absolute atomic E-state index is 0.158. The highest BCUT2D eigenvalue weighted by molar-refractivity contribution is 9.10. The van der Waals surface area contributed by atoms with Crippen molar-refractivity contribution in [2.24, 2.45) is 0 Å². The van der Waals surface area contributed by atoms with Gasteiger partial charge in [0, 0.05) is 12.5 Å². The largest absolute Gasteiger partial charge is 0.436 e. The van der Waals surface area contributed by atoms with Crippen molar-refractivity contribution in [2.45, 2.75) is 19.8 Å². The van der Waals surface area contributed by atoms with E-state index in [0.717, 1.165) is 12.8 Å². The number of aryl methyl sites for hydroxylation is 1. The number of hydrogen-bond acceptors (Lipinski definition) is 3. The summed E-state index contributed by atoms with van der Waals surface area (Å²) >= 11 is 3.29. The number of para-hydroxylation sites is 1. The van der Waals surface area contributed by atoms with Crippen LogP contribution >= 0.6 is 15.9 Å². The number of benzene rings is 1. The lowest BCUT2D eigenvalue weighted by molar-refractivity contribution is 0.423. The Morgan fingerprint density at radius 2 is 2.06 bits per heavy atom. The molecule has 0 aliphatic rings. The standard InChI is InChI=1S/C13H12BrFN2O/c1-2-5-12-16-11(14)8-13(17-12)18-10-7-4-3-6-9(10)15/h3-4,6-8H,2,5H2,1H3. The van der Waals surface area contributed by atoms with Gasteiger partial charge in [0.1, 0.15) is 10.4 Å². The van der Waals surface area contributed by atoms with Crippen LogP contribution in [-0.2, 0) is 6.42 Å². The van der Waals surface area contributed by atoms with Crippen LogP contribution in [0.2, 0.25) is 0 Å². The lowest BCUT2D eigenvalue weighted by Crippen LogP contribution is -1.98. The zero-order valence-corrected chi connectivity index (χ0v) is 11.4. The molecule has 1 aromatic carbocycles. The zero-order chi connectivity index (χ0) is 13.0. The molecule has 18 heavy (non-hydrogen) atoms. The van der Waals surface area contributed by atoms with Crippen molar-refractivity contribution in [2.75, 3.05) is 0 Å². The molecule has 5 heteroatoms. The number of aromatic nitrogens is 2. The van der Waals surface area contributed by atoms with Crippen molar-refractivity contribution in [1.82, 2.24) is 9.97 Å². The van der Waals surface area contributed by atoms with E-state index >= 15 is 0 Å². The van der Waals surface area contributed by atoms with Crippen molar-refractivity contribution in [3.05, 3.63) is 46.6 Å². The Hall–Kier alpha value is -1.49. The number of halogens is 2. The van der Waals surface area contributed by atoms with Crippen LogP contribution in [0.3, 0.4) is 0 Å². The van der Waals surface area contributed by atoms with Crippen molar-refractivity contribution < 1.29 is 9.13 Å². The van der Waals surface area contributed by atoms with Gasteiger partial charge in [-0.05, 0) is 34.5 Å². The fraction of sp³-hybridized carbons (Fsp3) is 0.231. The lowest BCUT2D eigenvalue weighted by atomic mass is 10.3. The van der Waals surface area contributed by atoms with Gasteiger partial charge in [0.15, 0.2) is 11.6 Å². The fourth-order valence-electron chi connectivity index (χ4n) is 1.47. The Kier molecular flexibility index (Phi) is 4.25. The van der Waals surface area contributed by atoms with Gasteiger partial charge < -0.3 is 4.74 Å². The van der Waals surface area contributed by atoms with Crippen LogP contribution < -0.4 is 4.74 Å². The minimum atomic E-state index is -0.413. The molecular weight excluding hydrogens is 299 g/mol. The van der Waals surface area contributed by atoms with Gasteiger partial charge in [0.2, 0.25) is 5.88 Å². The number of ether oxygens (including phenoxy) is 1. The Bertz CT molecular complexity index is 548. The molecule has 0 N–H and O–H groups in total. The predicted molar refractivity (Wildman–Crippen MR) is 70.2 cm³/mol. The highest BCUT2D eigenvalue weighted by Crippen LogP contribution is 2.24. The zero-order valence-electron chi connectivity index (χ0n) is 9.86. The number of hydrogen-bond donors (Lipinski definition) is 0. The molecule has 0 amide bonds. The first-order chi connectivity index (χ1) is 8.69. The highest BCUT2D eigenvalue weighted by atomic mass is 79.9. The van der Waals surface area contributed by atoms with Crippen molar-refractivity contribution in [3.8, 4) is 11.6 Å². The van der Waals surface area contributed by atoms with E-state index in [2.05, 4.69) is 25.9 Å². The van der Waals surface area contributed by atoms with E-state index in [9.17, 15) is 4.39 Å². The number of nitrogens with zero attached hydrogens (tertiary/aromatic N) is 2. The van der Waals surface area contributed by atoms with Crippen molar-refractivity contribution in [3.63, 3.8) is 0 Å². The molecule has 0 bridgehead atoms. The first-order valence-electron chi connectivity index (χ1n) is 5.65. The number of rotatable bonds is 4. The van der Waals surface area contributed by atoms with Gasteiger partial charge >= 0.3 is 0 Å². The molecule has 94 valence electrons. The smallest absolute Gasteiger partial charge is 0.223 e. The molecule has 0 saturated heterocycles. The third kappa shape index (κ3) is 3.26. The van der Waals surface area contributed by atoms with E-state index in [4.69, 9.17) is 4.74 Å². The SMILES string of the molecule is CCCc1nc(Br)cc(Oc2ccccc2F)n1. The molecule has 0 aliphatic carbocycles. The third-order valence-electron chi connectivity index (χ3n) is 2.24. The molecule has 1 heterocycles. The Labute approximate surface area is 113 Å². The molecule has 0 spiro atoms. The molecule has 1 aromatic heterocycles. The maximum Gasteiger partial charge on any atom is 0.223 e. The molecule has 2 rings (SSSR count). The van der Waals surface area contributed by atoms with Crippen LogP contribution in [-0.4, -0.2) is 9.97 Å². The van der Waals surface area contributed by atoms with Crippen LogP contribution in [0.25, 0.3) is 0 Å². The first kappa shape index (κ1) is 13.0. The molecule has 0 saturated carbocycles. The predicted octanol–water partition coefficient (Wildman–Crippen LogP) is 4.12. The molecule has 2 aromatic rings. The molecule has 0 fully saturated rings. The van der Waals surface area contributed by atoms with Crippen LogP contribution in [0.4, 0.5) is 4.39 Å². The maximum absolute atomic E-state index is 13.4. The van der Waals surface area contributed by atoms with Gasteiger partial charge in [-0.3, -0.25) is 0 Å². The van der Waals surface area contributed by atoms with Gasteiger partial charge in [-0.15, -0.1) is 0 Å². The van der Waals surface area contributed by atoms with Gasteiger partial charge in [-0.25, -0.2) is 9.37 Å². The summed E-state index contributed by atoms with van der Waals surface area (Å²) in [5.74, 6) is 0.762. The van der Waals surface area contributed by atoms with Crippen molar-refractivity contribution in [1.29, 1.82) is 0 Å². The summed E-state index contributed by atoms with van der Waals surface area (Å²) in [5.41, 5.74) is 0. The molecule has 0 unspecified atom stereocenters. The summed E-state index contributed by atoms with van der Waals surface area (Å²) in [4.78, 5) is 8.45. The van der Waals surface area contributed by atoms with Gasteiger partial charge in [0.25, 0.3) is 0 Å². The second kappa shape index (κ2) is 5.91. The van der Waals surface area contributed by atoms with Crippen LogP contribution in [0, 0.1) is 5.82 Å².